The van der Waals surface area contributed by atoms with Crippen molar-refractivity contribution in [2.75, 3.05) is 65.9 Å². The first kappa shape index (κ1) is 18.1. The molecule has 6 nitrogen and oxygen atoms in total. The zero-order chi connectivity index (χ0) is 16.2. The molecule has 2 rings (SSSR count). The third-order valence-electron chi connectivity index (χ3n) is 3.84. The largest absolute Gasteiger partial charge is 0.377 e. The summed E-state index contributed by atoms with van der Waals surface area (Å²) in [5, 5.41) is 0. The van der Waals surface area contributed by atoms with Crippen molar-refractivity contribution in [1.29, 1.82) is 0 Å². The fourth-order valence-electron chi connectivity index (χ4n) is 2.51. The van der Waals surface area contributed by atoms with Crippen molar-refractivity contribution in [2.45, 2.75) is 12.8 Å². The molecule has 0 aromatic rings. The van der Waals surface area contributed by atoms with E-state index in [-0.39, 0.29) is 0 Å². The van der Waals surface area contributed by atoms with Crippen LogP contribution in [0.3, 0.4) is 0 Å². The molecule has 0 bridgehead atoms. The summed E-state index contributed by atoms with van der Waals surface area (Å²) in [4.78, 5) is 13.1. The number of nitrogens with zero attached hydrogens (tertiary/aromatic N) is 1. The third kappa shape index (κ3) is 7.26. The third-order valence-corrected chi connectivity index (χ3v) is 3.84. The van der Waals surface area contributed by atoms with Crippen LogP contribution >= 0.6 is 0 Å². The molecule has 2 aliphatic rings. The molecule has 0 aromatic carbocycles. The molecular weight excluding hydrogens is 298 g/mol. The van der Waals surface area contributed by atoms with Crippen LogP contribution in [-0.2, 0) is 23.7 Å². The Morgan fingerprint density at radius 1 is 0.739 bits per heavy atom. The van der Waals surface area contributed by atoms with Crippen LogP contribution in [0.15, 0.2) is 23.4 Å². The average Bonchev–Trinajstić information content (AvgIpc) is 2.60. The van der Waals surface area contributed by atoms with E-state index in [9.17, 15) is 4.79 Å². The first-order chi connectivity index (χ1) is 11.4. The fourth-order valence-corrected chi connectivity index (χ4v) is 2.51. The molecule has 0 amide bonds. The van der Waals surface area contributed by atoms with Gasteiger partial charge in [0.2, 0.25) is 0 Å². The van der Waals surface area contributed by atoms with Crippen molar-refractivity contribution in [3.05, 3.63) is 23.4 Å². The van der Waals surface area contributed by atoms with Crippen molar-refractivity contribution in [3.63, 3.8) is 0 Å². The Balaban J connectivity index is 1.85. The summed E-state index contributed by atoms with van der Waals surface area (Å²) in [6.45, 7) is 6.50. The van der Waals surface area contributed by atoms with Crippen molar-refractivity contribution >= 4 is 6.29 Å². The minimum Gasteiger partial charge on any atom is -0.377 e. The molecule has 1 aliphatic heterocycles. The van der Waals surface area contributed by atoms with Crippen molar-refractivity contribution < 1.29 is 23.7 Å². The maximum absolute atomic E-state index is 10.8. The predicted octanol–water partition coefficient (Wildman–Crippen LogP) is 1.17. The van der Waals surface area contributed by atoms with Gasteiger partial charge >= 0.3 is 0 Å². The molecule has 1 fully saturated rings. The average molecular weight is 325 g/mol. The highest BCUT2D eigenvalue weighted by Gasteiger charge is 2.13. The van der Waals surface area contributed by atoms with Gasteiger partial charge in [-0.05, 0) is 24.5 Å². The molecule has 0 saturated carbocycles. The Morgan fingerprint density at radius 2 is 1.26 bits per heavy atom. The smallest absolute Gasteiger partial charge is 0.146 e. The molecule has 1 saturated heterocycles. The van der Waals surface area contributed by atoms with Gasteiger partial charge < -0.3 is 23.8 Å². The molecule has 0 radical (unpaired) electrons. The van der Waals surface area contributed by atoms with Gasteiger partial charge in [0, 0.05) is 18.8 Å². The van der Waals surface area contributed by atoms with Gasteiger partial charge in [0.15, 0.2) is 0 Å². The van der Waals surface area contributed by atoms with E-state index < -0.39 is 0 Å². The lowest BCUT2D eigenvalue weighted by Gasteiger charge is -2.29. The van der Waals surface area contributed by atoms with Crippen molar-refractivity contribution in [3.8, 4) is 0 Å². The first-order valence-electron chi connectivity index (χ1n) is 8.31. The number of ether oxygens (including phenoxy) is 4. The van der Waals surface area contributed by atoms with Crippen LogP contribution in [0.1, 0.15) is 12.8 Å². The number of hydrogen-bond acceptors (Lipinski definition) is 6. The number of carbonyl (C=O) groups is 1. The van der Waals surface area contributed by atoms with Crippen LogP contribution in [0.4, 0.5) is 0 Å². The van der Waals surface area contributed by atoms with Crippen LogP contribution in [0.2, 0.25) is 0 Å². The minimum atomic E-state index is 0.591. The molecule has 23 heavy (non-hydrogen) atoms. The van der Waals surface area contributed by atoms with E-state index in [2.05, 4.69) is 4.90 Å². The van der Waals surface area contributed by atoms with E-state index in [0.717, 1.165) is 37.8 Å². The van der Waals surface area contributed by atoms with Gasteiger partial charge in [-0.25, -0.2) is 0 Å². The molecule has 0 N–H and O–H groups in total. The van der Waals surface area contributed by atoms with Crippen LogP contribution in [0.25, 0.3) is 0 Å². The van der Waals surface area contributed by atoms with E-state index in [1.165, 1.54) is 5.70 Å². The first-order valence-corrected chi connectivity index (χ1v) is 8.31. The second-order valence-corrected chi connectivity index (χ2v) is 5.45. The molecular formula is C17H27NO5. The summed E-state index contributed by atoms with van der Waals surface area (Å²) in [5.74, 6) is 0. The zero-order valence-electron chi connectivity index (χ0n) is 13.7. The Kier molecular flexibility index (Phi) is 8.94. The highest BCUT2D eigenvalue weighted by Crippen LogP contribution is 2.20. The van der Waals surface area contributed by atoms with Gasteiger partial charge in [0.25, 0.3) is 0 Å². The Labute approximate surface area is 138 Å². The van der Waals surface area contributed by atoms with E-state index in [4.69, 9.17) is 18.9 Å². The van der Waals surface area contributed by atoms with Crippen LogP contribution in [-0.4, -0.2) is 77.1 Å². The van der Waals surface area contributed by atoms with Gasteiger partial charge in [0.05, 0.1) is 52.9 Å². The molecule has 0 spiro atoms. The number of rotatable bonds is 2. The van der Waals surface area contributed by atoms with Gasteiger partial charge in [-0.3, -0.25) is 4.79 Å². The molecule has 0 aromatic heterocycles. The highest BCUT2D eigenvalue weighted by atomic mass is 16.6. The monoisotopic (exact) mass is 325 g/mol. The van der Waals surface area contributed by atoms with Crippen LogP contribution in [0, 0.1) is 0 Å². The van der Waals surface area contributed by atoms with Gasteiger partial charge in [-0.1, -0.05) is 6.08 Å². The molecule has 0 atom stereocenters. The van der Waals surface area contributed by atoms with Crippen LogP contribution in [0.5, 0.6) is 0 Å². The quantitative estimate of drug-likeness (QED) is 0.711. The molecule has 0 unspecified atom stereocenters. The van der Waals surface area contributed by atoms with Gasteiger partial charge in [0.1, 0.15) is 6.29 Å². The van der Waals surface area contributed by atoms with E-state index in [0.29, 0.717) is 52.9 Å². The lowest BCUT2D eigenvalue weighted by molar-refractivity contribution is -0.105. The van der Waals surface area contributed by atoms with Crippen LogP contribution < -0.4 is 0 Å². The normalized spacial score (nSPS) is 23.2. The summed E-state index contributed by atoms with van der Waals surface area (Å²) >= 11 is 0. The van der Waals surface area contributed by atoms with E-state index >= 15 is 0 Å². The highest BCUT2D eigenvalue weighted by molar-refractivity contribution is 5.74. The SMILES string of the molecule is O=CC1=CC=C(N2CCOCCOCCOCCOCC2)CC1. The number of carbonyl (C=O) groups excluding carboxylic acids is 1. The Hall–Kier alpha value is -1.21. The van der Waals surface area contributed by atoms with E-state index in [1.54, 1.807) is 0 Å². The lowest BCUT2D eigenvalue weighted by atomic mass is 10.0. The zero-order valence-corrected chi connectivity index (χ0v) is 13.7. The molecule has 1 aliphatic carbocycles. The lowest BCUT2D eigenvalue weighted by Crippen LogP contribution is -2.31. The van der Waals surface area contributed by atoms with Crippen molar-refractivity contribution in [2.24, 2.45) is 0 Å². The number of aldehydes is 1. The summed E-state index contributed by atoms with van der Waals surface area (Å²) < 4.78 is 22.1. The molecule has 130 valence electrons. The Morgan fingerprint density at radius 3 is 1.70 bits per heavy atom. The van der Waals surface area contributed by atoms with Crippen molar-refractivity contribution in [1.82, 2.24) is 4.90 Å². The maximum atomic E-state index is 10.8. The van der Waals surface area contributed by atoms with E-state index in [1.807, 2.05) is 12.2 Å². The van der Waals surface area contributed by atoms with Gasteiger partial charge in [-0.2, -0.15) is 0 Å². The summed E-state index contributed by atoms with van der Waals surface area (Å²) in [6, 6.07) is 0. The predicted molar refractivity (Wildman–Crippen MR) is 86.3 cm³/mol. The summed E-state index contributed by atoms with van der Waals surface area (Å²) in [5.41, 5.74) is 2.09. The van der Waals surface area contributed by atoms with Gasteiger partial charge in [-0.15, -0.1) is 0 Å². The molecule has 6 heteroatoms. The second-order valence-electron chi connectivity index (χ2n) is 5.45. The Bertz CT molecular complexity index is 392. The fraction of sp³-hybridized carbons (Fsp3) is 0.706. The number of allylic oxidation sites excluding steroid dienone is 4. The second kappa shape index (κ2) is 11.3. The minimum absolute atomic E-state index is 0.591. The standard InChI is InChI=1S/C17H27NO5/c19-15-16-1-3-17(4-2-16)18-5-7-20-9-11-22-13-14-23-12-10-21-8-6-18/h1,3,15H,2,4-14H2. The number of hydrogen-bond donors (Lipinski definition) is 0. The summed E-state index contributed by atoms with van der Waals surface area (Å²) in [7, 11) is 0. The maximum Gasteiger partial charge on any atom is 0.146 e. The molecule has 1 heterocycles. The summed E-state index contributed by atoms with van der Waals surface area (Å²) in [6.07, 6.45) is 6.57. The topological polar surface area (TPSA) is 57.2 Å².